The highest BCUT2D eigenvalue weighted by atomic mass is 15.2. The fourth-order valence-electron chi connectivity index (χ4n) is 8.80. The molecule has 0 bridgehead atoms. The van der Waals surface area contributed by atoms with E-state index in [1.54, 1.807) is 0 Å². The van der Waals surface area contributed by atoms with E-state index < -0.39 is 0 Å². The molecule has 1 aliphatic rings. The number of rotatable bonds is 3. The molecule has 2 aromatic heterocycles. The molecule has 11 aromatic rings. The predicted octanol–water partition coefficient (Wildman–Crippen LogP) is 12.7. The van der Waals surface area contributed by atoms with Gasteiger partial charge in [-0.1, -0.05) is 140 Å². The van der Waals surface area contributed by atoms with Gasteiger partial charge in [-0.3, -0.25) is 4.57 Å². The second-order valence-corrected chi connectivity index (χ2v) is 13.8. The van der Waals surface area contributed by atoms with Crippen LogP contribution < -0.4 is 0 Å². The van der Waals surface area contributed by atoms with E-state index in [9.17, 15) is 0 Å². The summed E-state index contributed by atoms with van der Waals surface area (Å²) in [6, 6.07) is 59.4. The minimum atomic E-state index is 0.679. The molecular formula is C48H27N3. The van der Waals surface area contributed by atoms with E-state index in [4.69, 9.17) is 9.97 Å². The predicted molar refractivity (Wildman–Crippen MR) is 214 cm³/mol. The van der Waals surface area contributed by atoms with Crippen molar-refractivity contribution in [2.45, 2.75) is 0 Å². The van der Waals surface area contributed by atoms with Crippen molar-refractivity contribution in [3.63, 3.8) is 0 Å². The summed E-state index contributed by atoms with van der Waals surface area (Å²) in [6.45, 7) is 0. The lowest BCUT2D eigenvalue weighted by Gasteiger charge is -2.14. The smallest absolute Gasteiger partial charge is 0.235 e. The molecule has 0 spiro atoms. The van der Waals surface area contributed by atoms with Crippen molar-refractivity contribution >= 4 is 75.8 Å². The number of nitrogens with zero attached hydrogens (tertiary/aromatic N) is 3. The van der Waals surface area contributed by atoms with E-state index in [-0.39, 0.29) is 0 Å². The molecule has 0 fully saturated rings. The summed E-state index contributed by atoms with van der Waals surface area (Å²) in [7, 11) is 0. The SMILES string of the molecule is c1ccc2cc(-c3ccc(-c4nc(-n5c6cccc7c6c6c8c(ccc9ccc%10cccc-7c%10c98)ccc65)nc5ccccc45)cc3)ccc2c1. The number of para-hydroxylation sites is 1. The summed E-state index contributed by atoms with van der Waals surface area (Å²) in [4.78, 5) is 10.7. The van der Waals surface area contributed by atoms with Gasteiger partial charge in [0.25, 0.3) is 0 Å². The monoisotopic (exact) mass is 645 g/mol. The van der Waals surface area contributed by atoms with Crippen LogP contribution in [0.1, 0.15) is 0 Å². The van der Waals surface area contributed by atoms with Crippen LogP contribution in [-0.4, -0.2) is 14.5 Å². The average Bonchev–Trinajstić information content (AvgIpc) is 3.47. The molecule has 3 heteroatoms. The minimum absolute atomic E-state index is 0.679. The highest BCUT2D eigenvalue weighted by Gasteiger charge is 2.25. The average molecular weight is 646 g/mol. The van der Waals surface area contributed by atoms with Gasteiger partial charge >= 0.3 is 0 Å². The van der Waals surface area contributed by atoms with Crippen molar-refractivity contribution in [2.75, 3.05) is 0 Å². The molecule has 0 saturated heterocycles. The maximum atomic E-state index is 5.44. The van der Waals surface area contributed by atoms with Crippen LogP contribution in [0.25, 0.3) is 115 Å². The molecule has 0 saturated carbocycles. The Hall–Kier alpha value is -6.84. The zero-order chi connectivity index (χ0) is 33.2. The number of hydrogen-bond acceptors (Lipinski definition) is 2. The first-order chi connectivity index (χ1) is 25.3. The topological polar surface area (TPSA) is 30.7 Å². The Kier molecular flexibility index (Phi) is 5.23. The van der Waals surface area contributed by atoms with Gasteiger partial charge in [0.2, 0.25) is 5.95 Å². The molecule has 0 radical (unpaired) electrons. The third kappa shape index (κ3) is 3.67. The Balaban J connectivity index is 1.13. The van der Waals surface area contributed by atoms with Gasteiger partial charge in [0.05, 0.1) is 22.2 Å². The van der Waals surface area contributed by atoms with Gasteiger partial charge in [-0.15, -0.1) is 0 Å². The lowest BCUT2D eigenvalue weighted by Crippen LogP contribution is -2.03. The number of hydrogen-bond donors (Lipinski definition) is 0. The van der Waals surface area contributed by atoms with Crippen molar-refractivity contribution in [1.82, 2.24) is 14.5 Å². The van der Waals surface area contributed by atoms with E-state index in [1.807, 2.05) is 0 Å². The van der Waals surface area contributed by atoms with Crippen LogP contribution in [0.15, 0.2) is 164 Å². The Bertz CT molecular complexity index is 3290. The summed E-state index contributed by atoms with van der Waals surface area (Å²) in [6.07, 6.45) is 0. The zero-order valence-corrected chi connectivity index (χ0v) is 27.4. The second-order valence-electron chi connectivity index (χ2n) is 13.8. The molecule has 0 N–H and O–H groups in total. The van der Waals surface area contributed by atoms with Crippen LogP contribution >= 0.6 is 0 Å². The molecule has 12 rings (SSSR count). The van der Waals surface area contributed by atoms with Crippen LogP contribution in [0.3, 0.4) is 0 Å². The molecule has 0 amide bonds. The highest BCUT2D eigenvalue weighted by molar-refractivity contribution is 6.38. The van der Waals surface area contributed by atoms with E-state index in [1.165, 1.54) is 76.1 Å². The van der Waals surface area contributed by atoms with Crippen LogP contribution in [0.2, 0.25) is 0 Å². The van der Waals surface area contributed by atoms with E-state index in [0.717, 1.165) is 33.2 Å². The molecule has 0 atom stereocenters. The van der Waals surface area contributed by atoms with Crippen LogP contribution in [0, 0.1) is 0 Å². The van der Waals surface area contributed by atoms with E-state index in [0.29, 0.717) is 5.95 Å². The molecule has 0 aliphatic heterocycles. The number of fused-ring (bicyclic) bond motifs is 3. The third-order valence-electron chi connectivity index (χ3n) is 11.1. The quantitative estimate of drug-likeness (QED) is 0.179. The first kappa shape index (κ1) is 27.0. The molecule has 234 valence electrons. The lowest BCUT2D eigenvalue weighted by molar-refractivity contribution is 1.01. The van der Waals surface area contributed by atoms with Gasteiger partial charge in [0.15, 0.2) is 0 Å². The zero-order valence-electron chi connectivity index (χ0n) is 27.4. The van der Waals surface area contributed by atoms with Crippen molar-refractivity contribution < 1.29 is 0 Å². The fourth-order valence-corrected chi connectivity index (χ4v) is 8.80. The van der Waals surface area contributed by atoms with Crippen molar-refractivity contribution in [3.05, 3.63) is 164 Å². The first-order valence-corrected chi connectivity index (χ1v) is 17.5. The van der Waals surface area contributed by atoms with Crippen molar-refractivity contribution in [2.24, 2.45) is 0 Å². The fraction of sp³-hybridized carbons (Fsp3) is 0. The Labute approximate surface area is 292 Å². The molecule has 0 unspecified atom stereocenters. The van der Waals surface area contributed by atoms with Crippen molar-refractivity contribution in [1.29, 1.82) is 0 Å². The molecule has 51 heavy (non-hydrogen) atoms. The van der Waals surface area contributed by atoms with Gasteiger partial charge in [-0.25, -0.2) is 9.97 Å². The maximum Gasteiger partial charge on any atom is 0.235 e. The third-order valence-corrected chi connectivity index (χ3v) is 11.1. The Morgan fingerprint density at radius 2 is 0.941 bits per heavy atom. The van der Waals surface area contributed by atoms with Gasteiger partial charge in [0, 0.05) is 27.1 Å². The molecule has 2 heterocycles. The van der Waals surface area contributed by atoms with Crippen molar-refractivity contribution in [3.8, 4) is 39.5 Å². The van der Waals surface area contributed by atoms with Gasteiger partial charge < -0.3 is 0 Å². The number of benzene rings is 9. The molecule has 3 nitrogen and oxygen atoms in total. The summed E-state index contributed by atoms with van der Waals surface area (Å²) < 4.78 is 2.29. The Morgan fingerprint density at radius 1 is 0.353 bits per heavy atom. The Morgan fingerprint density at radius 3 is 1.78 bits per heavy atom. The largest absolute Gasteiger partial charge is 0.278 e. The minimum Gasteiger partial charge on any atom is -0.278 e. The van der Waals surface area contributed by atoms with E-state index >= 15 is 0 Å². The van der Waals surface area contributed by atoms with Crippen LogP contribution in [0.4, 0.5) is 0 Å². The number of aromatic nitrogens is 3. The second kappa shape index (κ2) is 9.87. The summed E-state index contributed by atoms with van der Waals surface area (Å²) in [5.74, 6) is 0.679. The maximum absolute atomic E-state index is 5.44. The molecule has 9 aromatic carbocycles. The standard InChI is InChI=1S/C48H27N3/c1-2-8-34-27-35(24-17-28(34)7-1)29-15-22-33(23-16-29)47-38-10-3-4-13-39(38)49-48(50-47)51-40-14-6-12-37-36-11-5-9-30-18-19-31-20-21-32-25-26-41(51)46(45(37)40)44(32)43(31)42(30)36/h1-27H. The molecule has 1 aliphatic carbocycles. The van der Waals surface area contributed by atoms with Gasteiger partial charge in [0.1, 0.15) is 0 Å². The van der Waals surface area contributed by atoms with E-state index in [2.05, 4.69) is 168 Å². The summed E-state index contributed by atoms with van der Waals surface area (Å²) >= 11 is 0. The molecular weight excluding hydrogens is 619 g/mol. The highest BCUT2D eigenvalue weighted by Crippen LogP contribution is 2.49. The van der Waals surface area contributed by atoms with Crippen LogP contribution in [-0.2, 0) is 0 Å². The normalized spacial score (nSPS) is 12.3. The lowest BCUT2D eigenvalue weighted by atomic mass is 9.93. The summed E-state index contributed by atoms with van der Waals surface area (Å²) in [5, 5.41) is 13.8. The summed E-state index contributed by atoms with van der Waals surface area (Å²) in [5.41, 5.74) is 10.1. The van der Waals surface area contributed by atoms with Gasteiger partial charge in [-0.05, 0) is 84.2 Å². The first-order valence-electron chi connectivity index (χ1n) is 17.5. The van der Waals surface area contributed by atoms with Crippen LogP contribution in [0.5, 0.6) is 0 Å². The van der Waals surface area contributed by atoms with Gasteiger partial charge in [-0.2, -0.15) is 0 Å².